The number of nitrogens with zero attached hydrogens (tertiary/aromatic N) is 1. The van der Waals surface area contributed by atoms with Gasteiger partial charge in [0.25, 0.3) is 11.5 Å². The summed E-state index contributed by atoms with van der Waals surface area (Å²) in [5.74, 6) is -0.842. The monoisotopic (exact) mass is 299 g/mol. The molecule has 2 saturated heterocycles. The van der Waals surface area contributed by atoms with E-state index in [2.05, 4.69) is 4.98 Å². The molecule has 1 aromatic heterocycles. The van der Waals surface area contributed by atoms with Gasteiger partial charge in [0.1, 0.15) is 6.10 Å². The molecule has 114 valence electrons. The first-order valence-electron chi connectivity index (χ1n) is 6.15. The van der Waals surface area contributed by atoms with E-state index >= 15 is 0 Å². The maximum absolute atomic E-state index is 11.9. The highest BCUT2D eigenvalue weighted by Gasteiger charge is 2.64. The Bertz CT molecular complexity index is 711. The number of ether oxygens (including phenoxy) is 1. The van der Waals surface area contributed by atoms with Gasteiger partial charge in [-0.3, -0.25) is 24.0 Å². The molecule has 2 aliphatic heterocycles. The van der Waals surface area contributed by atoms with E-state index in [0.29, 0.717) is 0 Å². The van der Waals surface area contributed by atoms with E-state index in [4.69, 9.17) is 9.57 Å². The number of rotatable bonds is 2. The molecule has 10 heteroatoms. The van der Waals surface area contributed by atoms with Crippen molar-refractivity contribution in [1.82, 2.24) is 15.0 Å². The number of aliphatic hydroxyl groups excluding tert-OH is 2. The number of H-pyrrole nitrogens is 1. The number of carbonyl (C=O) groups is 1. The third-order valence-corrected chi connectivity index (χ3v) is 3.73. The Kier molecular flexibility index (Phi) is 2.99. The van der Waals surface area contributed by atoms with Crippen molar-refractivity contribution < 1.29 is 24.6 Å². The highest BCUT2D eigenvalue weighted by Crippen LogP contribution is 2.40. The van der Waals surface area contributed by atoms with Crippen LogP contribution >= 0.6 is 0 Å². The lowest BCUT2D eigenvalue weighted by molar-refractivity contribution is -0.186. The van der Waals surface area contributed by atoms with Crippen molar-refractivity contribution in [2.45, 2.75) is 31.0 Å². The summed E-state index contributed by atoms with van der Waals surface area (Å²) >= 11 is 0. The minimum atomic E-state index is -1.91. The SMILES string of the molecule is Cc1cn([C@@H]2O[C@@]3(CO)C(=O)NO[C@@H]2[C@@H]3O)c(=O)[nH]c1=O. The lowest BCUT2D eigenvalue weighted by atomic mass is 9.94. The van der Waals surface area contributed by atoms with E-state index in [0.717, 1.165) is 4.57 Å². The normalized spacial score (nSPS) is 34.8. The Morgan fingerprint density at radius 2 is 2.14 bits per heavy atom. The number of nitrogens with one attached hydrogen (secondary N) is 2. The van der Waals surface area contributed by atoms with E-state index in [1.54, 1.807) is 0 Å². The van der Waals surface area contributed by atoms with Crippen LogP contribution in [0.5, 0.6) is 0 Å². The number of carbonyl (C=O) groups excluding carboxylic acids is 1. The summed E-state index contributed by atoms with van der Waals surface area (Å²) in [6, 6.07) is 0. The van der Waals surface area contributed by atoms with Crippen molar-refractivity contribution in [3.63, 3.8) is 0 Å². The summed E-state index contributed by atoms with van der Waals surface area (Å²) in [4.78, 5) is 42.1. The number of hydrogen-bond donors (Lipinski definition) is 4. The number of aromatic amines is 1. The minimum Gasteiger partial charge on any atom is -0.393 e. The van der Waals surface area contributed by atoms with Crippen LogP contribution in [0.1, 0.15) is 11.8 Å². The van der Waals surface area contributed by atoms with E-state index < -0.39 is 47.8 Å². The molecule has 4 atom stereocenters. The number of aliphatic hydroxyl groups is 2. The van der Waals surface area contributed by atoms with Crippen molar-refractivity contribution in [1.29, 1.82) is 0 Å². The standard InChI is InChI=1S/C11H13N3O7/c1-4-2-14(10(19)12-7(4)17)8-5-6(16)11(3-15,20-8)9(18)13-21-5/h2,5-6,8,15-16H,3H2,1H3,(H,13,18)(H,12,17,19)/t5-,6+,8-,11-/m1/s1. The molecule has 0 radical (unpaired) electrons. The first-order valence-corrected chi connectivity index (χ1v) is 6.15. The van der Waals surface area contributed by atoms with Gasteiger partial charge in [-0.25, -0.2) is 10.3 Å². The molecular formula is C11H13N3O7. The smallest absolute Gasteiger partial charge is 0.330 e. The van der Waals surface area contributed by atoms with Crippen LogP contribution in [0.3, 0.4) is 0 Å². The molecule has 0 spiro atoms. The van der Waals surface area contributed by atoms with Crippen LogP contribution in [0.15, 0.2) is 15.8 Å². The Hall–Kier alpha value is -2.01. The van der Waals surface area contributed by atoms with Gasteiger partial charge in [0.05, 0.1) is 6.61 Å². The van der Waals surface area contributed by atoms with Crippen LogP contribution in [0.2, 0.25) is 0 Å². The van der Waals surface area contributed by atoms with Crippen LogP contribution in [0, 0.1) is 6.92 Å². The maximum atomic E-state index is 11.9. The van der Waals surface area contributed by atoms with Gasteiger partial charge in [0.2, 0.25) is 5.60 Å². The maximum Gasteiger partial charge on any atom is 0.330 e. The Labute approximate surface area is 116 Å². The van der Waals surface area contributed by atoms with Crippen LogP contribution in [0.4, 0.5) is 0 Å². The van der Waals surface area contributed by atoms with Crippen LogP contribution in [-0.2, 0) is 14.4 Å². The van der Waals surface area contributed by atoms with Gasteiger partial charge in [-0.1, -0.05) is 0 Å². The molecule has 0 saturated carbocycles. The van der Waals surface area contributed by atoms with Crippen molar-refractivity contribution in [2.24, 2.45) is 0 Å². The lowest BCUT2D eigenvalue weighted by Crippen LogP contribution is -2.62. The third kappa shape index (κ3) is 1.77. The molecule has 2 fully saturated rings. The quantitative estimate of drug-likeness (QED) is 0.453. The van der Waals surface area contributed by atoms with Gasteiger partial charge < -0.3 is 14.9 Å². The van der Waals surface area contributed by atoms with Gasteiger partial charge >= 0.3 is 5.69 Å². The number of amides is 1. The number of aryl methyl sites for hydroxylation is 1. The molecule has 4 N–H and O–H groups in total. The van der Waals surface area contributed by atoms with Crippen molar-refractivity contribution in [3.05, 3.63) is 32.6 Å². The molecule has 1 amide bonds. The largest absolute Gasteiger partial charge is 0.393 e. The number of hydrogen-bond acceptors (Lipinski definition) is 7. The molecule has 0 aliphatic carbocycles. The summed E-state index contributed by atoms with van der Waals surface area (Å²) in [5, 5.41) is 19.5. The zero-order valence-electron chi connectivity index (χ0n) is 10.9. The predicted octanol–water partition coefficient (Wildman–Crippen LogP) is -3.10. The highest BCUT2D eigenvalue weighted by atomic mass is 16.7. The molecule has 3 heterocycles. The van der Waals surface area contributed by atoms with E-state index in [9.17, 15) is 24.6 Å². The minimum absolute atomic E-state index is 0.242. The summed E-state index contributed by atoms with van der Waals surface area (Å²) in [7, 11) is 0. The topological polar surface area (TPSA) is 143 Å². The number of aromatic nitrogens is 2. The van der Waals surface area contributed by atoms with Gasteiger partial charge in [-0.2, -0.15) is 0 Å². The molecule has 0 unspecified atom stereocenters. The summed E-state index contributed by atoms with van der Waals surface area (Å²) in [6.07, 6.45) is -2.49. The summed E-state index contributed by atoms with van der Waals surface area (Å²) in [6.45, 7) is 0.700. The fourth-order valence-corrected chi connectivity index (χ4v) is 2.48. The molecule has 0 aromatic carbocycles. The molecule has 2 aliphatic rings. The third-order valence-electron chi connectivity index (χ3n) is 3.73. The van der Waals surface area contributed by atoms with E-state index in [-0.39, 0.29) is 5.56 Å². The number of fused-ring (bicyclic) bond motifs is 2. The van der Waals surface area contributed by atoms with Crippen molar-refractivity contribution in [2.75, 3.05) is 6.61 Å². The van der Waals surface area contributed by atoms with Gasteiger partial charge in [0, 0.05) is 11.8 Å². The second-order valence-corrected chi connectivity index (χ2v) is 4.99. The molecule has 21 heavy (non-hydrogen) atoms. The van der Waals surface area contributed by atoms with Gasteiger partial charge in [0.15, 0.2) is 12.3 Å². The first kappa shape index (κ1) is 13.9. The fourth-order valence-electron chi connectivity index (χ4n) is 2.48. The van der Waals surface area contributed by atoms with E-state index in [1.807, 2.05) is 5.48 Å². The highest BCUT2D eigenvalue weighted by molar-refractivity contribution is 5.86. The van der Waals surface area contributed by atoms with Crippen LogP contribution in [-0.4, -0.2) is 50.1 Å². The zero-order chi connectivity index (χ0) is 15.4. The predicted molar refractivity (Wildman–Crippen MR) is 65.0 cm³/mol. The van der Waals surface area contributed by atoms with Gasteiger partial charge in [-0.15, -0.1) is 0 Å². The van der Waals surface area contributed by atoms with Gasteiger partial charge in [-0.05, 0) is 6.92 Å². The van der Waals surface area contributed by atoms with Crippen molar-refractivity contribution >= 4 is 5.91 Å². The molecule has 10 nitrogen and oxygen atoms in total. The zero-order valence-corrected chi connectivity index (χ0v) is 10.9. The molecular weight excluding hydrogens is 286 g/mol. The second kappa shape index (κ2) is 4.49. The summed E-state index contributed by atoms with van der Waals surface area (Å²) < 4.78 is 6.41. The molecule has 3 rings (SSSR count). The molecule has 2 bridgehead atoms. The Morgan fingerprint density at radius 1 is 1.43 bits per heavy atom. The Balaban J connectivity index is 2.10. The Morgan fingerprint density at radius 3 is 2.76 bits per heavy atom. The lowest BCUT2D eigenvalue weighted by Gasteiger charge is -2.32. The average molecular weight is 299 g/mol. The summed E-state index contributed by atoms with van der Waals surface area (Å²) in [5.41, 5.74) is -0.953. The second-order valence-electron chi connectivity index (χ2n) is 4.99. The number of hydroxylamine groups is 1. The van der Waals surface area contributed by atoms with Crippen molar-refractivity contribution in [3.8, 4) is 0 Å². The van der Waals surface area contributed by atoms with Crippen LogP contribution in [0.25, 0.3) is 0 Å². The van der Waals surface area contributed by atoms with Crippen LogP contribution < -0.4 is 16.7 Å². The fraction of sp³-hybridized carbons (Fsp3) is 0.545. The first-order chi connectivity index (χ1) is 9.90. The van der Waals surface area contributed by atoms with E-state index in [1.165, 1.54) is 13.1 Å². The molecule has 1 aromatic rings. The average Bonchev–Trinajstić information content (AvgIpc) is 2.63.